The van der Waals surface area contributed by atoms with Crippen LogP contribution in [0.4, 0.5) is 10.5 Å². The Morgan fingerprint density at radius 2 is 1.94 bits per heavy atom. The van der Waals surface area contributed by atoms with Gasteiger partial charge < -0.3 is 33.7 Å². The number of hydrogen-bond donors (Lipinski definition) is 2. The summed E-state index contributed by atoms with van der Waals surface area (Å²) in [6.07, 6.45) is 1.41. The third-order valence-electron chi connectivity index (χ3n) is 10.2. The van der Waals surface area contributed by atoms with Crippen LogP contribution in [-0.4, -0.2) is 85.8 Å². The molecule has 11 nitrogen and oxygen atoms in total. The van der Waals surface area contributed by atoms with Crippen molar-refractivity contribution in [2.75, 3.05) is 31.9 Å². The molecule has 0 radical (unpaired) electrons. The van der Waals surface area contributed by atoms with Crippen LogP contribution in [0, 0.1) is 12.8 Å². The van der Waals surface area contributed by atoms with Crippen molar-refractivity contribution in [3.8, 4) is 5.75 Å². The zero-order chi connectivity index (χ0) is 38.8. The number of nitrogens with zero attached hydrogens (tertiary/aromatic N) is 1. The van der Waals surface area contributed by atoms with Gasteiger partial charge in [-0.05, 0) is 69.0 Å². The van der Waals surface area contributed by atoms with E-state index in [1.54, 1.807) is 26.1 Å². The summed E-state index contributed by atoms with van der Waals surface area (Å²) in [6, 6.07) is 9.57. The highest BCUT2D eigenvalue weighted by molar-refractivity contribution is 8.00. The van der Waals surface area contributed by atoms with Gasteiger partial charge in [0.15, 0.2) is 5.72 Å². The minimum absolute atomic E-state index is 0.00705. The quantitative estimate of drug-likeness (QED) is 0.176. The molecule has 7 atom stereocenters. The van der Waals surface area contributed by atoms with E-state index in [2.05, 4.69) is 11.9 Å². The predicted molar refractivity (Wildman–Crippen MR) is 205 cm³/mol. The molecule has 0 spiro atoms. The summed E-state index contributed by atoms with van der Waals surface area (Å²) in [4.78, 5) is 42.9. The van der Waals surface area contributed by atoms with Gasteiger partial charge in [0.25, 0.3) is 0 Å². The Labute approximate surface area is 320 Å². The lowest BCUT2D eigenvalue weighted by Gasteiger charge is -2.42. The van der Waals surface area contributed by atoms with Crippen molar-refractivity contribution in [2.45, 2.75) is 94.5 Å². The maximum absolute atomic E-state index is 14.1. The molecule has 286 valence electrons. The number of epoxide rings is 1. The van der Waals surface area contributed by atoms with Gasteiger partial charge in [-0.3, -0.25) is 14.9 Å². The van der Waals surface area contributed by atoms with Crippen molar-refractivity contribution in [1.29, 1.82) is 0 Å². The number of benzene rings is 2. The highest BCUT2D eigenvalue weighted by Gasteiger charge is 2.64. The SMILES string of the molecule is C=C(C)c1ccc(SCC(=O)O[C@H]2CC(=O)N(C)c3cc(cc(OC)c3Cl)C/C(C)=C/C=C/[C@@H](OC)[C@@]3(O)C[C@H](OC(=O)N3)[C@@H](C)[C@@H]3O[C@@]23C)c(C)c1. The molecule has 53 heavy (non-hydrogen) atoms. The molecule has 0 unspecified atom stereocenters. The number of hydrogen-bond acceptors (Lipinski definition) is 10. The Kier molecular flexibility index (Phi) is 12.4. The summed E-state index contributed by atoms with van der Waals surface area (Å²) < 4.78 is 29.3. The number of carbonyl (C=O) groups is 3. The van der Waals surface area contributed by atoms with Crippen molar-refractivity contribution in [3.63, 3.8) is 0 Å². The molecule has 5 rings (SSSR count). The third-order valence-corrected chi connectivity index (χ3v) is 11.8. The number of anilines is 1. The summed E-state index contributed by atoms with van der Waals surface area (Å²) in [7, 11) is 4.57. The van der Waals surface area contributed by atoms with Gasteiger partial charge in [-0.15, -0.1) is 11.8 Å². The molecule has 2 saturated heterocycles. The van der Waals surface area contributed by atoms with Crippen molar-refractivity contribution in [3.05, 3.63) is 82.4 Å². The Hall–Kier alpha value is -3.81. The minimum Gasteiger partial charge on any atom is -0.495 e. The van der Waals surface area contributed by atoms with Gasteiger partial charge in [0.2, 0.25) is 5.91 Å². The fourth-order valence-corrected chi connectivity index (χ4v) is 8.12. The molecule has 0 saturated carbocycles. The number of aliphatic hydroxyl groups is 1. The van der Waals surface area contributed by atoms with E-state index < -0.39 is 53.7 Å². The second-order valence-corrected chi connectivity index (χ2v) is 15.7. The van der Waals surface area contributed by atoms with Gasteiger partial charge >= 0.3 is 12.1 Å². The molecule has 3 aliphatic heterocycles. The smallest absolute Gasteiger partial charge is 0.409 e. The maximum Gasteiger partial charge on any atom is 0.409 e. The van der Waals surface area contributed by atoms with Gasteiger partial charge in [0.05, 0.1) is 31.1 Å². The number of thioether (sulfide) groups is 1. The first-order chi connectivity index (χ1) is 25.0. The van der Waals surface area contributed by atoms with E-state index in [-0.39, 0.29) is 29.5 Å². The molecule has 2 aromatic carbocycles. The van der Waals surface area contributed by atoms with E-state index in [0.29, 0.717) is 17.9 Å². The van der Waals surface area contributed by atoms with Crippen LogP contribution in [0.1, 0.15) is 57.2 Å². The van der Waals surface area contributed by atoms with Crippen LogP contribution in [0.2, 0.25) is 5.02 Å². The lowest BCUT2D eigenvalue weighted by molar-refractivity contribution is -0.150. The molecular weight excluding hydrogens is 720 g/mol. The normalized spacial score (nSPS) is 30.6. The molecule has 2 fully saturated rings. The number of carbonyl (C=O) groups excluding carboxylic acids is 3. The number of esters is 1. The number of rotatable bonds is 7. The first-order valence-electron chi connectivity index (χ1n) is 17.5. The Morgan fingerprint density at radius 1 is 1.21 bits per heavy atom. The van der Waals surface area contributed by atoms with E-state index in [9.17, 15) is 19.5 Å². The van der Waals surface area contributed by atoms with Crippen molar-refractivity contribution in [1.82, 2.24) is 5.32 Å². The van der Waals surface area contributed by atoms with Gasteiger partial charge in [-0.1, -0.05) is 66.6 Å². The maximum atomic E-state index is 14.1. The highest BCUT2D eigenvalue weighted by Crippen LogP contribution is 2.49. The van der Waals surface area contributed by atoms with Crippen LogP contribution < -0.4 is 15.0 Å². The Morgan fingerprint density at radius 3 is 2.60 bits per heavy atom. The molecular formula is C40H49ClN2O9S. The molecule has 0 aromatic heterocycles. The fraction of sp³-hybridized carbons (Fsp3) is 0.475. The van der Waals surface area contributed by atoms with Gasteiger partial charge in [-0.25, -0.2) is 4.79 Å². The van der Waals surface area contributed by atoms with Crippen LogP contribution in [-0.2, 0) is 35.0 Å². The summed E-state index contributed by atoms with van der Waals surface area (Å²) in [5, 5.41) is 14.5. The minimum atomic E-state index is -1.80. The molecule has 2 N–H and O–H groups in total. The molecule has 3 aliphatic rings. The summed E-state index contributed by atoms with van der Waals surface area (Å²) in [6.45, 7) is 13.5. The van der Waals surface area contributed by atoms with E-state index in [1.165, 1.54) is 30.9 Å². The van der Waals surface area contributed by atoms with E-state index in [4.69, 9.17) is 35.3 Å². The van der Waals surface area contributed by atoms with E-state index in [1.807, 2.05) is 64.1 Å². The van der Waals surface area contributed by atoms with Gasteiger partial charge in [0.1, 0.15) is 34.7 Å². The van der Waals surface area contributed by atoms with Crippen molar-refractivity contribution >= 4 is 52.6 Å². The Bertz CT molecular complexity index is 1830. The highest BCUT2D eigenvalue weighted by atomic mass is 35.5. The van der Waals surface area contributed by atoms with E-state index in [0.717, 1.165) is 32.7 Å². The van der Waals surface area contributed by atoms with Crippen molar-refractivity contribution < 1.29 is 43.2 Å². The fourth-order valence-electron chi connectivity index (χ4n) is 7.01. The molecule has 2 aromatic rings. The number of fused-ring (bicyclic) bond motifs is 5. The second kappa shape index (κ2) is 16.3. The topological polar surface area (TPSA) is 136 Å². The van der Waals surface area contributed by atoms with E-state index >= 15 is 0 Å². The number of nitrogens with one attached hydrogen (secondary N) is 1. The molecule has 3 heterocycles. The summed E-state index contributed by atoms with van der Waals surface area (Å²) in [5.74, 6) is -0.981. The van der Waals surface area contributed by atoms with Crippen LogP contribution in [0.3, 0.4) is 0 Å². The van der Waals surface area contributed by atoms with Crippen LogP contribution in [0.5, 0.6) is 5.75 Å². The number of allylic oxidation sites excluding steroid dienone is 4. The molecule has 2 amide bonds. The average Bonchev–Trinajstić information content (AvgIpc) is 3.80. The lowest BCUT2D eigenvalue weighted by Crippen LogP contribution is -2.63. The summed E-state index contributed by atoms with van der Waals surface area (Å²) in [5.41, 5.74) is 2.26. The molecule has 13 heteroatoms. The predicted octanol–water partition coefficient (Wildman–Crippen LogP) is 6.80. The second-order valence-electron chi connectivity index (χ2n) is 14.3. The largest absolute Gasteiger partial charge is 0.495 e. The molecule has 4 bridgehead atoms. The zero-order valence-electron chi connectivity index (χ0n) is 31.5. The number of amides is 2. The third kappa shape index (κ3) is 8.95. The number of alkyl carbamates (subject to hydrolysis) is 1. The monoisotopic (exact) mass is 768 g/mol. The van der Waals surface area contributed by atoms with Crippen LogP contribution in [0.25, 0.3) is 5.57 Å². The number of halogens is 1. The van der Waals surface area contributed by atoms with Crippen LogP contribution in [0.15, 0.2) is 65.6 Å². The number of aryl methyl sites for hydroxylation is 1. The average molecular weight is 769 g/mol. The number of methoxy groups -OCH3 is 2. The van der Waals surface area contributed by atoms with Crippen molar-refractivity contribution in [2.24, 2.45) is 5.92 Å². The van der Waals surface area contributed by atoms with Gasteiger partial charge in [0, 0.05) is 31.4 Å². The molecule has 0 aliphatic carbocycles. The summed E-state index contributed by atoms with van der Waals surface area (Å²) >= 11 is 8.11. The zero-order valence-corrected chi connectivity index (χ0v) is 33.1. The van der Waals surface area contributed by atoms with Gasteiger partial charge in [-0.2, -0.15) is 0 Å². The standard InChI is InChI=1S/C40H49ClN2O9S/c1-22(2)27-13-14-31(24(4)16-27)53-21-35(45)51-33-19-34(44)43(7)28-17-26(18-29(48-8)36(28)41)15-23(3)11-10-12-32(49-9)40(47)20-30(50-38(46)42-40)25(5)37-39(33,6)52-37/h10-14,16-18,25,30,32-33,37,47H,1,15,19-21H2,2-9H3,(H,42,46)/b12-10+,23-11+/t25-,30+,32-,33+,37+,39+,40+/m1/s1. The number of ether oxygens (including phenoxy) is 5. The van der Waals surface area contributed by atoms with Crippen LogP contribution >= 0.6 is 23.4 Å². The first kappa shape index (κ1) is 40.4. The lowest BCUT2D eigenvalue weighted by atomic mass is 9.83. The first-order valence-corrected chi connectivity index (χ1v) is 18.8. The Balaban J connectivity index is 1.49.